The molecule has 0 unspecified atom stereocenters. The molecule has 1 N–H and O–H groups in total. The molecule has 0 radical (unpaired) electrons. The van der Waals surface area contributed by atoms with Gasteiger partial charge in [-0.1, -0.05) is 22.0 Å². The molecule has 3 nitrogen and oxygen atoms in total. The van der Waals surface area contributed by atoms with Crippen molar-refractivity contribution in [1.82, 2.24) is 9.97 Å². The highest BCUT2D eigenvalue weighted by Gasteiger charge is 2.33. The van der Waals surface area contributed by atoms with Crippen LogP contribution >= 0.6 is 27.5 Å². The zero-order valence-corrected chi connectivity index (χ0v) is 11.5. The fraction of sp³-hybridized carbons (Fsp3) is 0.0909. The van der Waals surface area contributed by atoms with Crippen molar-refractivity contribution in [2.24, 2.45) is 0 Å². The standard InChI is InChI=1S/C11H6BrClF3N3/c12-6-2-1-3-7(4-6)17-9-5-8(11(14,15)16)18-10(13)19-9/h1-5H,(H,17,18,19). The van der Waals surface area contributed by atoms with Crippen LogP contribution in [0.15, 0.2) is 34.8 Å². The van der Waals surface area contributed by atoms with E-state index in [4.69, 9.17) is 11.6 Å². The molecule has 0 spiro atoms. The van der Waals surface area contributed by atoms with Gasteiger partial charge in [-0.3, -0.25) is 0 Å². The molecular weight excluding hydrogens is 346 g/mol. The van der Waals surface area contributed by atoms with Gasteiger partial charge in [-0.05, 0) is 29.8 Å². The van der Waals surface area contributed by atoms with Crippen LogP contribution in [0.4, 0.5) is 24.7 Å². The number of halogens is 5. The van der Waals surface area contributed by atoms with Crippen molar-refractivity contribution in [2.75, 3.05) is 5.32 Å². The first-order chi connectivity index (χ1) is 8.84. The maximum absolute atomic E-state index is 12.6. The van der Waals surface area contributed by atoms with E-state index in [-0.39, 0.29) is 5.82 Å². The highest BCUT2D eigenvalue weighted by molar-refractivity contribution is 9.10. The second-order valence-electron chi connectivity index (χ2n) is 3.54. The summed E-state index contributed by atoms with van der Waals surface area (Å²) >= 11 is 8.74. The zero-order valence-electron chi connectivity index (χ0n) is 9.17. The predicted octanol–water partition coefficient (Wildman–Crippen LogP) is 4.65. The Hall–Kier alpha value is -1.34. The maximum Gasteiger partial charge on any atom is 0.433 e. The topological polar surface area (TPSA) is 37.8 Å². The molecule has 0 saturated heterocycles. The Morgan fingerprint density at radius 3 is 2.53 bits per heavy atom. The van der Waals surface area contributed by atoms with Crippen molar-refractivity contribution < 1.29 is 13.2 Å². The number of nitrogens with one attached hydrogen (secondary N) is 1. The molecule has 0 fully saturated rings. The largest absolute Gasteiger partial charge is 0.433 e. The van der Waals surface area contributed by atoms with Gasteiger partial charge >= 0.3 is 6.18 Å². The van der Waals surface area contributed by atoms with Crippen molar-refractivity contribution in [3.8, 4) is 0 Å². The molecular formula is C11H6BrClF3N3. The Kier molecular flexibility index (Phi) is 3.96. The Balaban J connectivity index is 2.33. The SMILES string of the molecule is FC(F)(F)c1cc(Nc2cccc(Br)c2)nc(Cl)n1. The lowest BCUT2D eigenvalue weighted by Crippen LogP contribution is -2.10. The summed E-state index contributed by atoms with van der Waals surface area (Å²) in [6, 6.07) is 7.71. The van der Waals surface area contributed by atoms with Crippen LogP contribution in [0.1, 0.15) is 5.69 Å². The summed E-state index contributed by atoms with van der Waals surface area (Å²) in [5.74, 6) is -0.0228. The van der Waals surface area contributed by atoms with Gasteiger partial charge in [-0.2, -0.15) is 13.2 Å². The van der Waals surface area contributed by atoms with Gasteiger partial charge in [0, 0.05) is 16.2 Å². The van der Waals surface area contributed by atoms with Gasteiger partial charge < -0.3 is 5.32 Å². The molecule has 0 aliphatic rings. The molecule has 0 amide bonds. The summed E-state index contributed by atoms with van der Waals surface area (Å²) < 4.78 is 38.5. The van der Waals surface area contributed by atoms with Crippen LogP contribution in [0.25, 0.3) is 0 Å². The van der Waals surface area contributed by atoms with Gasteiger partial charge in [0.1, 0.15) is 5.82 Å². The van der Waals surface area contributed by atoms with Gasteiger partial charge in [0.05, 0.1) is 0 Å². The Morgan fingerprint density at radius 2 is 1.89 bits per heavy atom. The van der Waals surface area contributed by atoms with Crippen molar-refractivity contribution in [3.05, 3.63) is 45.8 Å². The van der Waals surface area contributed by atoms with Crippen molar-refractivity contribution in [2.45, 2.75) is 6.18 Å². The molecule has 100 valence electrons. The third kappa shape index (κ3) is 3.81. The summed E-state index contributed by atoms with van der Waals surface area (Å²) in [4.78, 5) is 6.84. The minimum atomic E-state index is -4.57. The van der Waals surface area contributed by atoms with Crippen molar-refractivity contribution in [1.29, 1.82) is 0 Å². The average molecular weight is 353 g/mol. The fourth-order valence-corrected chi connectivity index (χ4v) is 1.92. The highest BCUT2D eigenvalue weighted by Crippen LogP contribution is 2.30. The molecule has 1 aromatic heterocycles. The first kappa shape index (κ1) is 14.1. The summed E-state index contributed by atoms with van der Waals surface area (Å²) in [5, 5.41) is 2.27. The molecule has 8 heteroatoms. The fourth-order valence-electron chi connectivity index (χ4n) is 1.34. The zero-order chi connectivity index (χ0) is 14.0. The van der Waals surface area contributed by atoms with E-state index in [1.54, 1.807) is 24.3 Å². The van der Waals surface area contributed by atoms with Crippen LogP contribution in [0.3, 0.4) is 0 Å². The summed E-state index contributed by atoms with van der Waals surface area (Å²) in [6.45, 7) is 0. The van der Waals surface area contributed by atoms with E-state index in [1.807, 2.05) is 0 Å². The number of aromatic nitrogens is 2. The van der Waals surface area contributed by atoms with E-state index in [1.165, 1.54) is 0 Å². The van der Waals surface area contributed by atoms with E-state index in [2.05, 4.69) is 31.2 Å². The minimum Gasteiger partial charge on any atom is -0.340 e. The lowest BCUT2D eigenvalue weighted by Gasteiger charge is -2.10. The lowest BCUT2D eigenvalue weighted by atomic mass is 10.3. The molecule has 0 aliphatic heterocycles. The summed E-state index contributed by atoms with van der Waals surface area (Å²) in [6.07, 6.45) is -4.57. The second kappa shape index (κ2) is 5.34. The van der Waals surface area contributed by atoms with Gasteiger partial charge in [0.25, 0.3) is 0 Å². The third-order valence-corrected chi connectivity index (χ3v) is 2.75. The monoisotopic (exact) mass is 351 g/mol. The van der Waals surface area contributed by atoms with Crippen LogP contribution in [0.2, 0.25) is 5.28 Å². The van der Waals surface area contributed by atoms with E-state index >= 15 is 0 Å². The van der Waals surface area contributed by atoms with Crippen LogP contribution in [-0.4, -0.2) is 9.97 Å². The number of benzene rings is 1. The van der Waals surface area contributed by atoms with Crippen molar-refractivity contribution >= 4 is 39.0 Å². The molecule has 1 aromatic carbocycles. The molecule has 0 bridgehead atoms. The number of anilines is 2. The van der Waals surface area contributed by atoms with Gasteiger partial charge in [-0.25, -0.2) is 9.97 Å². The van der Waals surface area contributed by atoms with Gasteiger partial charge in [-0.15, -0.1) is 0 Å². The van der Waals surface area contributed by atoms with Crippen LogP contribution < -0.4 is 5.32 Å². The van der Waals surface area contributed by atoms with Gasteiger partial charge in [0.15, 0.2) is 5.69 Å². The van der Waals surface area contributed by atoms with Crippen LogP contribution in [-0.2, 0) is 6.18 Å². The highest BCUT2D eigenvalue weighted by atomic mass is 79.9. The number of nitrogens with zero attached hydrogens (tertiary/aromatic N) is 2. The van der Waals surface area contributed by atoms with Gasteiger partial charge in [0.2, 0.25) is 5.28 Å². The smallest absolute Gasteiger partial charge is 0.340 e. The normalized spacial score (nSPS) is 11.4. The lowest BCUT2D eigenvalue weighted by molar-refractivity contribution is -0.141. The minimum absolute atomic E-state index is 0.0228. The van der Waals surface area contributed by atoms with Crippen LogP contribution in [0, 0.1) is 0 Å². The van der Waals surface area contributed by atoms with Crippen LogP contribution in [0.5, 0.6) is 0 Å². The van der Waals surface area contributed by atoms with E-state index in [9.17, 15) is 13.2 Å². The Labute approximate surface area is 120 Å². The summed E-state index contributed by atoms with van der Waals surface area (Å²) in [7, 11) is 0. The molecule has 0 aliphatic carbocycles. The quantitative estimate of drug-likeness (QED) is 0.799. The molecule has 2 rings (SSSR count). The van der Waals surface area contributed by atoms with E-state index in [0.29, 0.717) is 5.69 Å². The second-order valence-corrected chi connectivity index (χ2v) is 4.79. The molecule has 0 saturated carbocycles. The molecule has 2 aromatic rings. The first-order valence-electron chi connectivity index (χ1n) is 4.99. The molecule has 1 heterocycles. The third-order valence-electron chi connectivity index (χ3n) is 2.09. The maximum atomic E-state index is 12.6. The average Bonchev–Trinajstić information content (AvgIpc) is 2.26. The predicted molar refractivity (Wildman–Crippen MR) is 69.5 cm³/mol. The van der Waals surface area contributed by atoms with Crippen molar-refractivity contribution in [3.63, 3.8) is 0 Å². The molecule has 19 heavy (non-hydrogen) atoms. The Morgan fingerprint density at radius 1 is 1.16 bits per heavy atom. The number of rotatable bonds is 2. The molecule has 0 atom stereocenters. The number of hydrogen-bond acceptors (Lipinski definition) is 3. The number of alkyl halides is 3. The van der Waals surface area contributed by atoms with E-state index < -0.39 is 17.2 Å². The number of hydrogen-bond donors (Lipinski definition) is 1. The Bertz CT molecular complexity index is 604. The first-order valence-corrected chi connectivity index (χ1v) is 6.16. The summed E-state index contributed by atoms with van der Waals surface area (Å²) in [5.41, 5.74) is -0.512. The van der Waals surface area contributed by atoms with E-state index in [0.717, 1.165) is 10.5 Å².